The topological polar surface area (TPSA) is 69.5 Å². The van der Waals surface area contributed by atoms with Gasteiger partial charge in [-0.3, -0.25) is 4.79 Å². The molecule has 2 aliphatic rings. The van der Waals surface area contributed by atoms with E-state index in [0.717, 1.165) is 35.1 Å². The van der Waals surface area contributed by atoms with E-state index in [1.165, 1.54) is 18.2 Å². The smallest absolute Gasteiger partial charge is 0.233 e. The highest BCUT2D eigenvalue weighted by Gasteiger charge is 2.29. The summed E-state index contributed by atoms with van der Waals surface area (Å²) in [5, 5.41) is 9.31. The predicted octanol–water partition coefficient (Wildman–Crippen LogP) is 3.09. The largest absolute Gasteiger partial charge is 0.454 e. The van der Waals surface area contributed by atoms with Crippen LogP contribution in [0.15, 0.2) is 23.4 Å². The molecule has 144 valence electrons. The van der Waals surface area contributed by atoms with E-state index in [0.29, 0.717) is 23.6 Å². The van der Waals surface area contributed by atoms with Gasteiger partial charge in [-0.15, -0.1) is 10.2 Å². The molecule has 27 heavy (non-hydrogen) atoms. The number of nitrogens with zero attached hydrogens (tertiary/aromatic N) is 4. The zero-order chi connectivity index (χ0) is 19.0. The van der Waals surface area contributed by atoms with Crippen LogP contribution < -0.4 is 9.47 Å². The van der Waals surface area contributed by atoms with Gasteiger partial charge >= 0.3 is 0 Å². The summed E-state index contributed by atoms with van der Waals surface area (Å²) in [6.45, 7) is 4.52. The fourth-order valence-corrected chi connectivity index (χ4v) is 4.62. The molecular weight excluding hydrogens is 364 g/mol. The van der Waals surface area contributed by atoms with Crippen LogP contribution in [-0.4, -0.2) is 50.2 Å². The summed E-state index contributed by atoms with van der Waals surface area (Å²) in [5.74, 6) is 2.75. The van der Waals surface area contributed by atoms with Gasteiger partial charge < -0.3 is 18.9 Å². The highest BCUT2D eigenvalue weighted by atomic mass is 32.2. The molecule has 0 saturated carbocycles. The van der Waals surface area contributed by atoms with E-state index in [1.54, 1.807) is 0 Å². The van der Waals surface area contributed by atoms with Gasteiger partial charge in [0, 0.05) is 24.7 Å². The molecular formula is C19H24N4O3S. The lowest BCUT2D eigenvalue weighted by Gasteiger charge is -2.39. The number of ether oxygens (including phenoxy) is 2. The molecule has 0 aliphatic carbocycles. The van der Waals surface area contributed by atoms with Crippen molar-refractivity contribution in [2.24, 2.45) is 7.05 Å². The molecule has 0 bridgehead atoms. The predicted molar refractivity (Wildman–Crippen MR) is 103 cm³/mol. The lowest BCUT2D eigenvalue weighted by molar-refractivity contribution is -0.134. The fourth-order valence-electron chi connectivity index (χ4n) is 3.84. The van der Waals surface area contributed by atoms with Crippen LogP contribution in [0, 0.1) is 0 Å². The summed E-state index contributed by atoms with van der Waals surface area (Å²) >= 11 is 1.44. The second-order valence-corrected chi connectivity index (χ2v) is 8.09. The number of hydrogen-bond donors (Lipinski definition) is 0. The van der Waals surface area contributed by atoms with E-state index in [4.69, 9.17) is 9.47 Å². The second kappa shape index (κ2) is 7.42. The molecule has 1 amide bonds. The van der Waals surface area contributed by atoms with Crippen molar-refractivity contribution in [1.29, 1.82) is 0 Å². The summed E-state index contributed by atoms with van der Waals surface area (Å²) in [7, 11) is 1.92. The van der Waals surface area contributed by atoms with Crippen LogP contribution in [0.25, 0.3) is 11.4 Å². The van der Waals surface area contributed by atoms with Crippen molar-refractivity contribution in [2.75, 3.05) is 12.5 Å². The maximum Gasteiger partial charge on any atom is 0.233 e. The van der Waals surface area contributed by atoms with E-state index < -0.39 is 0 Å². The van der Waals surface area contributed by atoms with Gasteiger partial charge in [0.05, 0.1) is 5.75 Å². The van der Waals surface area contributed by atoms with Crippen LogP contribution in [0.2, 0.25) is 0 Å². The molecule has 1 fully saturated rings. The van der Waals surface area contributed by atoms with Crippen molar-refractivity contribution in [2.45, 2.75) is 50.4 Å². The summed E-state index contributed by atoms with van der Waals surface area (Å²) in [6.07, 6.45) is 3.36. The number of likely N-dealkylation sites (tertiary alicyclic amines) is 1. The Kier molecular flexibility index (Phi) is 4.99. The number of carbonyl (C=O) groups is 1. The number of thioether (sulfide) groups is 1. The van der Waals surface area contributed by atoms with Gasteiger partial charge in [0.1, 0.15) is 0 Å². The molecule has 4 rings (SSSR count). The SMILES string of the molecule is C[C@@H]1CCC[C@@H](C)N1C(=O)CSc1nnc(-c2ccc3c(c2)OCO3)n1C. The van der Waals surface area contributed by atoms with Crippen molar-refractivity contribution >= 4 is 17.7 Å². The molecule has 1 saturated heterocycles. The third-order valence-corrected chi connectivity index (χ3v) is 6.28. The molecule has 0 spiro atoms. The molecule has 0 radical (unpaired) electrons. The first-order valence-corrected chi connectivity index (χ1v) is 10.3. The third-order valence-electron chi connectivity index (χ3n) is 5.27. The number of hydrogen-bond acceptors (Lipinski definition) is 6. The molecule has 1 aromatic carbocycles. The first kappa shape index (κ1) is 18.2. The molecule has 8 heteroatoms. The fraction of sp³-hybridized carbons (Fsp3) is 0.526. The van der Waals surface area contributed by atoms with E-state index in [2.05, 4.69) is 24.0 Å². The summed E-state index contributed by atoms with van der Waals surface area (Å²) in [4.78, 5) is 14.8. The van der Waals surface area contributed by atoms with Gasteiger partial charge in [-0.05, 0) is 51.3 Å². The van der Waals surface area contributed by atoms with Gasteiger partial charge in [-0.2, -0.15) is 0 Å². The number of rotatable bonds is 4. The minimum atomic E-state index is 0.173. The van der Waals surface area contributed by atoms with E-state index >= 15 is 0 Å². The van der Waals surface area contributed by atoms with Crippen LogP contribution in [0.3, 0.4) is 0 Å². The average Bonchev–Trinajstić information content (AvgIpc) is 3.25. The molecule has 2 aliphatic heterocycles. The third kappa shape index (κ3) is 3.50. The number of aromatic nitrogens is 3. The lowest BCUT2D eigenvalue weighted by atomic mass is 9.98. The zero-order valence-corrected chi connectivity index (χ0v) is 16.7. The Morgan fingerprint density at radius 2 is 1.93 bits per heavy atom. The van der Waals surface area contributed by atoms with Gasteiger partial charge in [0.15, 0.2) is 22.5 Å². The quantitative estimate of drug-likeness (QED) is 0.750. The minimum Gasteiger partial charge on any atom is -0.454 e. The Hall–Kier alpha value is -2.22. The Morgan fingerprint density at radius 1 is 1.19 bits per heavy atom. The maximum atomic E-state index is 12.7. The normalized spacial score (nSPS) is 21.5. The van der Waals surface area contributed by atoms with Crippen LogP contribution in [0.4, 0.5) is 0 Å². The maximum absolute atomic E-state index is 12.7. The molecule has 2 aromatic rings. The van der Waals surface area contributed by atoms with Crippen LogP contribution in [-0.2, 0) is 11.8 Å². The minimum absolute atomic E-state index is 0.173. The highest BCUT2D eigenvalue weighted by molar-refractivity contribution is 7.99. The van der Waals surface area contributed by atoms with Crippen LogP contribution >= 0.6 is 11.8 Å². The highest BCUT2D eigenvalue weighted by Crippen LogP contribution is 2.36. The molecule has 2 atom stereocenters. The van der Waals surface area contributed by atoms with E-state index in [1.807, 2.05) is 34.7 Å². The van der Waals surface area contributed by atoms with Gasteiger partial charge in [-0.25, -0.2) is 0 Å². The second-order valence-electron chi connectivity index (χ2n) is 7.15. The first-order valence-electron chi connectivity index (χ1n) is 9.28. The summed E-state index contributed by atoms with van der Waals surface area (Å²) < 4.78 is 12.7. The molecule has 7 nitrogen and oxygen atoms in total. The first-order chi connectivity index (χ1) is 13.0. The summed E-state index contributed by atoms with van der Waals surface area (Å²) in [6, 6.07) is 6.34. The zero-order valence-electron chi connectivity index (χ0n) is 15.8. The molecule has 0 N–H and O–H groups in total. The van der Waals surface area contributed by atoms with Crippen molar-refractivity contribution in [3.63, 3.8) is 0 Å². The van der Waals surface area contributed by atoms with Crippen molar-refractivity contribution in [3.05, 3.63) is 18.2 Å². The number of fused-ring (bicyclic) bond motifs is 1. The molecule has 0 unspecified atom stereocenters. The van der Waals surface area contributed by atoms with Crippen molar-refractivity contribution in [1.82, 2.24) is 19.7 Å². The number of carbonyl (C=O) groups excluding carboxylic acids is 1. The number of benzene rings is 1. The number of piperidine rings is 1. The van der Waals surface area contributed by atoms with Crippen LogP contribution in [0.1, 0.15) is 33.1 Å². The Labute approximate surface area is 163 Å². The Balaban J connectivity index is 1.46. The van der Waals surface area contributed by atoms with Gasteiger partial charge in [-0.1, -0.05) is 11.8 Å². The monoisotopic (exact) mass is 388 g/mol. The van der Waals surface area contributed by atoms with Crippen molar-refractivity contribution < 1.29 is 14.3 Å². The van der Waals surface area contributed by atoms with Crippen molar-refractivity contribution in [3.8, 4) is 22.9 Å². The molecule has 3 heterocycles. The molecule has 1 aromatic heterocycles. The summed E-state index contributed by atoms with van der Waals surface area (Å²) in [5.41, 5.74) is 0.908. The van der Waals surface area contributed by atoms with E-state index in [-0.39, 0.29) is 12.7 Å². The number of amides is 1. The lowest BCUT2D eigenvalue weighted by Crippen LogP contribution is -2.48. The van der Waals surface area contributed by atoms with Gasteiger partial charge in [0.2, 0.25) is 12.7 Å². The Bertz CT molecular complexity index is 843. The average molecular weight is 388 g/mol. The van der Waals surface area contributed by atoms with Gasteiger partial charge in [0.25, 0.3) is 0 Å². The Morgan fingerprint density at radius 3 is 2.70 bits per heavy atom. The van der Waals surface area contributed by atoms with E-state index in [9.17, 15) is 4.79 Å². The standard InChI is InChI=1S/C19H24N4O3S/c1-12-5-4-6-13(2)23(12)17(24)10-27-19-21-20-18(22(19)3)14-7-8-15-16(9-14)26-11-25-15/h7-9,12-13H,4-6,10-11H2,1-3H3/t12-,13-/m1/s1. The van der Waals surface area contributed by atoms with Crippen LogP contribution in [0.5, 0.6) is 11.5 Å².